The number of amides is 3. The van der Waals surface area contributed by atoms with Crippen LogP contribution in [0.3, 0.4) is 0 Å². The fraction of sp³-hybridized carbons (Fsp3) is 0.737. The van der Waals surface area contributed by atoms with E-state index in [4.69, 9.17) is 10.5 Å². The van der Waals surface area contributed by atoms with Crippen molar-refractivity contribution in [2.45, 2.75) is 38.0 Å². The van der Waals surface area contributed by atoms with Gasteiger partial charge in [0, 0.05) is 31.7 Å². The van der Waals surface area contributed by atoms with Gasteiger partial charge in [-0.2, -0.15) is 0 Å². The largest absolute Gasteiger partial charge is 0.369 e. The average Bonchev–Trinajstić information content (AvgIpc) is 3.22. The summed E-state index contributed by atoms with van der Waals surface area (Å²) in [7, 11) is 0. The Balaban J connectivity index is 1.50. The van der Waals surface area contributed by atoms with Gasteiger partial charge in [-0.3, -0.25) is 19.3 Å². The first-order valence-electron chi connectivity index (χ1n) is 9.60. The second kappa shape index (κ2) is 6.04. The zero-order valence-corrected chi connectivity index (χ0v) is 16.2. The molecule has 8 nitrogen and oxygen atoms in total. The van der Waals surface area contributed by atoms with E-state index in [0.29, 0.717) is 32.7 Å². The number of ether oxygens (including phenoxy) is 1. The van der Waals surface area contributed by atoms with Gasteiger partial charge in [0.05, 0.1) is 31.0 Å². The summed E-state index contributed by atoms with van der Waals surface area (Å²) in [6.07, 6.45) is 3.61. The number of primary amides is 1. The Morgan fingerprint density at radius 2 is 1.93 bits per heavy atom. The summed E-state index contributed by atoms with van der Waals surface area (Å²) >= 11 is 0. The highest BCUT2D eigenvalue weighted by Gasteiger charge is 2.68. The van der Waals surface area contributed by atoms with Gasteiger partial charge in [0.25, 0.3) is 0 Å². The van der Waals surface area contributed by atoms with Crippen molar-refractivity contribution in [2.24, 2.45) is 17.6 Å². The van der Waals surface area contributed by atoms with Crippen LogP contribution in [0.1, 0.15) is 20.8 Å². The summed E-state index contributed by atoms with van der Waals surface area (Å²) in [5.74, 6) is -1.26. The molecule has 4 aliphatic rings. The van der Waals surface area contributed by atoms with Crippen LogP contribution >= 0.6 is 0 Å². The third kappa shape index (κ3) is 2.86. The van der Waals surface area contributed by atoms with Crippen LogP contribution in [-0.2, 0) is 19.1 Å². The molecule has 27 heavy (non-hydrogen) atoms. The lowest BCUT2D eigenvalue weighted by molar-refractivity contribution is -0.146. The number of hydrogen-bond acceptors (Lipinski definition) is 5. The predicted molar refractivity (Wildman–Crippen MR) is 97.4 cm³/mol. The van der Waals surface area contributed by atoms with Crippen LogP contribution in [0.25, 0.3) is 0 Å². The Morgan fingerprint density at radius 3 is 2.52 bits per heavy atom. The minimum Gasteiger partial charge on any atom is -0.369 e. The van der Waals surface area contributed by atoms with Crippen LogP contribution in [0.2, 0.25) is 0 Å². The maximum Gasteiger partial charge on any atom is 0.231 e. The Morgan fingerprint density at radius 1 is 1.26 bits per heavy atom. The monoisotopic (exact) mass is 376 g/mol. The van der Waals surface area contributed by atoms with Gasteiger partial charge in [-0.05, 0) is 20.8 Å². The molecular formula is C19H28N4O4. The Hall–Kier alpha value is -1.93. The minimum absolute atomic E-state index is 0.0139. The van der Waals surface area contributed by atoms with Gasteiger partial charge in [-0.25, -0.2) is 0 Å². The SMILES string of the molecule is CC(C)(C)N1C[C@]23C=C[C@H](O2)C(C(=O)N2CCN(CC(N)=O)CC2)C3C1=O. The minimum atomic E-state index is -0.664. The zero-order valence-electron chi connectivity index (χ0n) is 16.2. The summed E-state index contributed by atoms with van der Waals surface area (Å²) in [4.78, 5) is 43.1. The lowest BCUT2D eigenvalue weighted by Crippen LogP contribution is -2.54. The van der Waals surface area contributed by atoms with Crippen molar-refractivity contribution in [3.8, 4) is 0 Å². The van der Waals surface area contributed by atoms with Crippen molar-refractivity contribution in [3.63, 3.8) is 0 Å². The van der Waals surface area contributed by atoms with Crippen LogP contribution in [0.5, 0.6) is 0 Å². The molecule has 4 aliphatic heterocycles. The van der Waals surface area contributed by atoms with E-state index in [-0.39, 0.29) is 35.9 Å². The highest BCUT2D eigenvalue weighted by molar-refractivity contribution is 5.93. The fourth-order valence-corrected chi connectivity index (χ4v) is 4.91. The molecule has 3 fully saturated rings. The summed E-state index contributed by atoms with van der Waals surface area (Å²) in [5.41, 5.74) is 4.28. The number of fused-ring (bicyclic) bond motifs is 1. The molecule has 1 spiro atoms. The van der Waals surface area contributed by atoms with Crippen molar-refractivity contribution >= 4 is 17.7 Å². The van der Waals surface area contributed by atoms with Gasteiger partial charge in [-0.1, -0.05) is 12.2 Å². The fourth-order valence-electron chi connectivity index (χ4n) is 4.91. The second-order valence-electron chi connectivity index (χ2n) is 9.06. The van der Waals surface area contributed by atoms with E-state index < -0.39 is 17.4 Å². The normalized spacial score (nSPS) is 35.8. The van der Waals surface area contributed by atoms with Crippen LogP contribution in [-0.4, -0.2) is 88.9 Å². The van der Waals surface area contributed by atoms with E-state index in [9.17, 15) is 14.4 Å². The number of carbonyl (C=O) groups excluding carboxylic acids is 3. The summed E-state index contributed by atoms with van der Waals surface area (Å²) in [6, 6.07) is 0. The van der Waals surface area contributed by atoms with Crippen molar-refractivity contribution in [1.82, 2.24) is 14.7 Å². The number of carbonyl (C=O) groups is 3. The van der Waals surface area contributed by atoms with Crippen molar-refractivity contribution in [2.75, 3.05) is 39.3 Å². The molecule has 3 saturated heterocycles. The number of nitrogens with two attached hydrogens (primary N) is 1. The van der Waals surface area contributed by atoms with Gasteiger partial charge in [-0.15, -0.1) is 0 Å². The molecule has 2 N–H and O–H groups in total. The molecule has 2 bridgehead atoms. The number of likely N-dealkylation sites (tertiary alicyclic amines) is 1. The molecule has 4 rings (SSSR count). The molecule has 4 atom stereocenters. The summed E-state index contributed by atoms with van der Waals surface area (Å²) < 4.78 is 6.19. The number of rotatable bonds is 3. The number of nitrogens with zero attached hydrogens (tertiary/aromatic N) is 3. The van der Waals surface area contributed by atoms with Gasteiger partial charge >= 0.3 is 0 Å². The van der Waals surface area contributed by atoms with E-state index in [0.717, 1.165) is 0 Å². The van der Waals surface area contributed by atoms with Crippen molar-refractivity contribution < 1.29 is 19.1 Å². The second-order valence-corrected chi connectivity index (χ2v) is 9.06. The molecular weight excluding hydrogens is 348 g/mol. The van der Waals surface area contributed by atoms with Crippen LogP contribution < -0.4 is 5.73 Å². The molecule has 0 aromatic rings. The Bertz CT molecular complexity index is 707. The molecule has 148 valence electrons. The highest BCUT2D eigenvalue weighted by Crippen LogP contribution is 2.53. The third-order valence-corrected chi connectivity index (χ3v) is 6.26. The van der Waals surface area contributed by atoms with E-state index in [1.165, 1.54) is 0 Å². The van der Waals surface area contributed by atoms with Crippen LogP contribution in [0.15, 0.2) is 12.2 Å². The molecule has 0 radical (unpaired) electrons. The maximum atomic E-state index is 13.3. The smallest absolute Gasteiger partial charge is 0.231 e. The van der Waals surface area contributed by atoms with Gasteiger partial charge in [0.2, 0.25) is 17.7 Å². The molecule has 8 heteroatoms. The van der Waals surface area contributed by atoms with Gasteiger partial charge < -0.3 is 20.3 Å². The average molecular weight is 376 g/mol. The molecule has 0 aliphatic carbocycles. The quantitative estimate of drug-likeness (QED) is 0.651. The van der Waals surface area contributed by atoms with E-state index in [1.807, 2.05) is 42.7 Å². The Kier molecular flexibility index (Phi) is 4.12. The van der Waals surface area contributed by atoms with E-state index in [1.54, 1.807) is 4.90 Å². The van der Waals surface area contributed by atoms with Gasteiger partial charge in [0.15, 0.2) is 0 Å². The van der Waals surface area contributed by atoms with E-state index >= 15 is 0 Å². The lowest BCUT2D eigenvalue weighted by atomic mass is 9.76. The summed E-state index contributed by atoms with van der Waals surface area (Å²) in [6.45, 7) is 9.04. The third-order valence-electron chi connectivity index (χ3n) is 6.26. The van der Waals surface area contributed by atoms with Gasteiger partial charge in [0.1, 0.15) is 5.60 Å². The van der Waals surface area contributed by atoms with Crippen LogP contribution in [0, 0.1) is 11.8 Å². The Labute approximate surface area is 159 Å². The molecule has 0 aromatic heterocycles. The molecule has 2 unspecified atom stereocenters. The first kappa shape index (κ1) is 18.4. The predicted octanol–water partition coefficient (Wildman–Crippen LogP) is -0.804. The van der Waals surface area contributed by atoms with E-state index in [2.05, 4.69) is 0 Å². The van der Waals surface area contributed by atoms with Crippen LogP contribution in [0.4, 0.5) is 0 Å². The van der Waals surface area contributed by atoms with Crippen molar-refractivity contribution in [1.29, 1.82) is 0 Å². The highest BCUT2D eigenvalue weighted by atomic mass is 16.5. The lowest BCUT2D eigenvalue weighted by Gasteiger charge is -2.37. The molecule has 0 saturated carbocycles. The number of piperazine rings is 1. The topological polar surface area (TPSA) is 96.2 Å². The summed E-state index contributed by atoms with van der Waals surface area (Å²) in [5, 5.41) is 0. The molecule has 3 amide bonds. The maximum absolute atomic E-state index is 13.3. The molecule has 4 heterocycles. The zero-order chi connectivity index (χ0) is 19.6. The van der Waals surface area contributed by atoms with Crippen molar-refractivity contribution in [3.05, 3.63) is 12.2 Å². The molecule has 0 aromatic carbocycles. The standard InChI is InChI=1S/C19H28N4O4/c1-18(2,3)23-11-19-5-4-12(27-19)14(15(19)17(23)26)16(25)22-8-6-21(7-9-22)10-13(20)24/h4-5,12,14-15H,6-11H2,1-3H3,(H2,20,24)/t12-,14?,15?,19-/m0/s1. The first-order chi connectivity index (χ1) is 12.6. The number of hydrogen-bond donors (Lipinski definition) is 1. The first-order valence-corrected chi connectivity index (χ1v) is 9.60.